The van der Waals surface area contributed by atoms with Gasteiger partial charge in [-0.15, -0.1) is 0 Å². The van der Waals surface area contributed by atoms with Crippen LogP contribution in [-0.2, 0) is 14.8 Å². The number of carbonyl (C=O) groups is 1. The highest BCUT2D eigenvalue weighted by molar-refractivity contribution is 7.92. The van der Waals surface area contributed by atoms with Crippen LogP contribution in [0.5, 0.6) is 5.75 Å². The fourth-order valence-electron chi connectivity index (χ4n) is 3.28. The third-order valence-electron chi connectivity index (χ3n) is 5.11. The maximum atomic E-state index is 13.3. The van der Waals surface area contributed by atoms with Gasteiger partial charge in [-0.1, -0.05) is 35.9 Å². The minimum Gasteiger partial charge on any atom is -0.497 e. The normalized spacial score (nSPS) is 11.7. The number of anilines is 1. The van der Waals surface area contributed by atoms with Crippen LogP contribution in [0.25, 0.3) is 0 Å². The number of sulfonamides is 1. The van der Waals surface area contributed by atoms with Crippen molar-refractivity contribution in [2.45, 2.75) is 25.7 Å². The van der Waals surface area contributed by atoms with Crippen LogP contribution < -0.4 is 14.5 Å². The third-order valence-corrected chi connectivity index (χ3v) is 6.90. The Morgan fingerprint density at radius 1 is 1.00 bits per heavy atom. The van der Waals surface area contributed by atoms with E-state index < -0.39 is 22.5 Å². The van der Waals surface area contributed by atoms with E-state index in [1.54, 1.807) is 49.4 Å². The van der Waals surface area contributed by atoms with Crippen molar-refractivity contribution < 1.29 is 17.9 Å². The van der Waals surface area contributed by atoms with Crippen LogP contribution >= 0.6 is 0 Å². The molecule has 0 fully saturated rings. The number of hydrazone groups is 1. The highest BCUT2D eigenvalue weighted by Crippen LogP contribution is 2.25. The van der Waals surface area contributed by atoms with Gasteiger partial charge >= 0.3 is 0 Å². The van der Waals surface area contributed by atoms with Gasteiger partial charge in [0, 0.05) is 5.56 Å². The number of rotatable bonds is 8. The Hall–Kier alpha value is -3.65. The Balaban J connectivity index is 1.88. The average Bonchev–Trinajstić information content (AvgIpc) is 2.83. The number of hydrogen-bond donors (Lipinski definition) is 1. The number of benzene rings is 3. The predicted octanol–water partition coefficient (Wildman–Crippen LogP) is 4.05. The topological polar surface area (TPSA) is 88.1 Å². The van der Waals surface area contributed by atoms with Gasteiger partial charge in [0.15, 0.2) is 0 Å². The lowest BCUT2D eigenvalue weighted by atomic mass is 10.0. The van der Waals surface area contributed by atoms with E-state index in [4.69, 9.17) is 4.74 Å². The van der Waals surface area contributed by atoms with E-state index in [0.29, 0.717) is 17.1 Å². The summed E-state index contributed by atoms with van der Waals surface area (Å²) in [7, 11) is -2.46. The number of hydrogen-bond acceptors (Lipinski definition) is 5. The first-order valence-corrected chi connectivity index (χ1v) is 11.8. The summed E-state index contributed by atoms with van der Waals surface area (Å²) in [5.74, 6) is 0.0176. The number of amides is 1. The Kier molecular flexibility index (Phi) is 7.50. The minimum atomic E-state index is -3.99. The molecule has 3 aromatic rings. The molecule has 0 spiro atoms. The molecule has 7 nitrogen and oxygen atoms in total. The molecule has 0 saturated carbocycles. The van der Waals surface area contributed by atoms with Gasteiger partial charge in [-0.2, -0.15) is 5.10 Å². The molecular weight excluding hydrogens is 438 g/mol. The predicted molar refractivity (Wildman–Crippen MR) is 130 cm³/mol. The molecule has 0 bridgehead atoms. The summed E-state index contributed by atoms with van der Waals surface area (Å²) in [6.07, 6.45) is 0. The third kappa shape index (κ3) is 5.78. The van der Waals surface area contributed by atoms with Crippen LogP contribution in [0.15, 0.2) is 82.8 Å². The molecule has 0 unspecified atom stereocenters. The Morgan fingerprint density at radius 3 is 2.30 bits per heavy atom. The van der Waals surface area contributed by atoms with Crippen molar-refractivity contribution in [3.63, 3.8) is 0 Å². The summed E-state index contributed by atoms with van der Waals surface area (Å²) in [4.78, 5) is 12.9. The smallest absolute Gasteiger partial charge is 0.264 e. The summed E-state index contributed by atoms with van der Waals surface area (Å²) in [5.41, 5.74) is 6.49. The van der Waals surface area contributed by atoms with Gasteiger partial charge in [0.2, 0.25) is 0 Å². The number of ether oxygens (including phenoxy) is 1. The van der Waals surface area contributed by atoms with Crippen LogP contribution in [0.1, 0.15) is 23.6 Å². The summed E-state index contributed by atoms with van der Waals surface area (Å²) in [6, 6.07) is 20.4. The summed E-state index contributed by atoms with van der Waals surface area (Å²) in [5, 5.41) is 4.20. The fourth-order valence-corrected chi connectivity index (χ4v) is 4.72. The van der Waals surface area contributed by atoms with Crippen LogP contribution in [0.4, 0.5) is 5.69 Å². The standard InChI is InChI=1S/C25H27N3O4S/c1-18-10-11-19(2)24(16-18)20(3)26-27-25(29)17-28(21-12-14-22(32-4)15-13-21)33(30,31)23-8-6-5-7-9-23/h5-16H,17H2,1-4H3,(H,27,29)/b26-20-. The van der Waals surface area contributed by atoms with E-state index in [1.165, 1.54) is 19.2 Å². The van der Waals surface area contributed by atoms with Crippen molar-refractivity contribution in [1.82, 2.24) is 5.43 Å². The molecule has 3 aromatic carbocycles. The molecule has 0 aromatic heterocycles. The number of aryl methyl sites for hydroxylation is 2. The summed E-state index contributed by atoms with van der Waals surface area (Å²) >= 11 is 0. The molecule has 1 amide bonds. The van der Waals surface area contributed by atoms with Crippen LogP contribution in [-0.4, -0.2) is 33.7 Å². The molecule has 0 saturated heterocycles. The van der Waals surface area contributed by atoms with Crippen molar-refractivity contribution in [3.8, 4) is 5.75 Å². The molecule has 0 aliphatic carbocycles. The largest absolute Gasteiger partial charge is 0.497 e. The summed E-state index contributed by atoms with van der Waals surface area (Å²) < 4.78 is 32.9. The quantitative estimate of drug-likeness (QED) is 0.402. The van der Waals surface area contributed by atoms with E-state index in [2.05, 4.69) is 10.5 Å². The van der Waals surface area contributed by atoms with E-state index in [9.17, 15) is 13.2 Å². The first-order chi connectivity index (χ1) is 15.7. The highest BCUT2D eigenvalue weighted by atomic mass is 32.2. The molecule has 1 N–H and O–H groups in total. The van der Waals surface area contributed by atoms with Gasteiger partial charge in [0.05, 0.1) is 23.4 Å². The monoisotopic (exact) mass is 465 g/mol. The van der Waals surface area contributed by atoms with Crippen molar-refractivity contribution in [3.05, 3.63) is 89.5 Å². The molecule has 0 heterocycles. The molecular formula is C25H27N3O4S. The van der Waals surface area contributed by atoms with E-state index in [1.807, 2.05) is 32.0 Å². The maximum Gasteiger partial charge on any atom is 0.264 e. The minimum absolute atomic E-state index is 0.0867. The average molecular weight is 466 g/mol. The molecule has 33 heavy (non-hydrogen) atoms. The lowest BCUT2D eigenvalue weighted by molar-refractivity contribution is -0.119. The molecule has 0 aliphatic rings. The maximum absolute atomic E-state index is 13.3. The Morgan fingerprint density at radius 2 is 1.67 bits per heavy atom. The second kappa shape index (κ2) is 10.3. The Bertz CT molecular complexity index is 1250. The van der Waals surface area contributed by atoms with Gasteiger partial charge in [-0.3, -0.25) is 9.10 Å². The fraction of sp³-hybridized carbons (Fsp3) is 0.200. The van der Waals surface area contributed by atoms with Gasteiger partial charge in [-0.25, -0.2) is 13.8 Å². The number of methoxy groups -OCH3 is 1. The van der Waals surface area contributed by atoms with E-state index in [-0.39, 0.29) is 4.90 Å². The zero-order valence-corrected chi connectivity index (χ0v) is 19.9. The second-order valence-electron chi connectivity index (χ2n) is 7.57. The summed E-state index contributed by atoms with van der Waals surface area (Å²) in [6.45, 7) is 5.31. The van der Waals surface area contributed by atoms with E-state index in [0.717, 1.165) is 21.0 Å². The lowest BCUT2D eigenvalue weighted by Crippen LogP contribution is -2.39. The van der Waals surface area contributed by atoms with Gasteiger partial charge in [0.1, 0.15) is 12.3 Å². The lowest BCUT2D eigenvalue weighted by Gasteiger charge is -2.24. The van der Waals surface area contributed by atoms with Crippen molar-refractivity contribution in [2.75, 3.05) is 18.0 Å². The highest BCUT2D eigenvalue weighted by Gasteiger charge is 2.27. The van der Waals surface area contributed by atoms with Crippen molar-refractivity contribution in [2.24, 2.45) is 5.10 Å². The van der Waals surface area contributed by atoms with Crippen LogP contribution in [0.3, 0.4) is 0 Å². The van der Waals surface area contributed by atoms with Crippen LogP contribution in [0.2, 0.25) is 0 Å². The van der Waals surface area contributed by atoms with Gasteiger partial charge in [-0.05, 0) is 68.8 Å². The molecule has 0 radical (unpaired) electrons. The molecule has 172 valence electrons. The van der Waals surface area contributed by atoms with Gasteiger partial charge < -0.3 is 4.74 Å². The van der Waals surface area contributed by atoms with Crippen molar-refractivity contribution in [1.29, 1.82) is 0 Å². The number of nitrogens with zero attached hydrogens (tertiary/aromatic N) is 2. The molecule has 0 atom stereocenters. The number of carbonyl (C=O) groups excluding carboxylic acids is 1. The van der Waals surface area contributed by atoms with Gasteiger partial charge in [0.25, 0.3) is 15.9 Å². The molecule has 3 rings (SSSR count). The molecule has 0 aliphatic heterocycles. The zero-order chi connectivity index (χ0) is 24.0. The van der Waals surface area contributed by atoms with E-state index >= 15 is 0 Å². The van der Waals surface area contributed by atoms with Crippen LogP contribution in [0, 0.1) is 13.8 Å². The second-order valence-corrected chi connectivity index (χ2v) is 9.44. The molecule has 8 heteroatoms. The SMILES string of the molecule is COc1ccc(N(CC(=O)N/N=C(/C)c2cc(C)ccc2C)S(=O)(=O)c2ccccc2)cc1. The first-order valence-electron chi connectivity index (χ1n) is 10.3. The first kappa shape index (κ1) is 24.0. The zero-order valence-electron chi connectivity index (χ0n) is 19.1. The Labute approximate surface area is 194 Å². The number of nitrogens with one attached hydrogen (secondary N) is 1. The van der Waals surface area contributed by atoms with Crippen molar-refractivity contribution >= 4 is 27.3 Å².